The Balaban J connectivity index is 2.31. The van der Waals surface area contributed by atoms with Gasteiger partial charge in [-0.3, -0.25) is 9.59 Å². The lowest BCUT2D eigenvalue weighted by Gasteiger charge is -2.33. The number of anilines is 1. The molecule has 1 aliphatic heterocycles. The minimum absolute atomic E-state index is 0.0369. The first kappa shape index (κ1) is 13.2. The van der Waals surface area contributed by atoms with E-state index in [0.29, 0.717) is 13.0 Å². The zero-order valence-electron chi connectivity index (χ0n) is 10.5. The molecule has 6 heteroatoms. The van der Waals surface area contributed by atoms with Crippen LogP contribution in [0.15, 0.2) is 18.2 Å². The molecule has 0 spiro atoms. The summed E-state index contributed by atoms with van der Waals surface area (Å²) in [6.07, 6.45) is 2.26. The van der Waals surface area contributed by atoms with Crippen molar-refractivity contribution in [3.63, 3.8) is 0 Å². The molecule has 2 rings (SSSR count). The average molecular weight is 263 g/mol. The number of rotatable bonds is 2. The number of hydrogen-bond acceptors (Lipinski definition) is 4. The number of carbonyl (C=O) groups excluding carboxylic acids is 2. The first-order valence-electron chi connectivity index (χ1n) is 6.19. The number of amides is 2. The van der Waals surface area contributed by atoms with Gasteiger partial charge in [-0.25, -0.2) is 0 Å². The normalized spacial score (nSPS) is 19.2. The number of carbonyl (C=O) groups is 2. The zero-order valence-corrected chi connectivity index (χ0v) is 10.5. The van der Waals surface area contributed by atoms with E-state index in [9.17, 15) is 14.7 Å². The van der Waals surface area contributed by atoms with Gasteiger partial charge in [0, 0.05) is 12.2 Å². The summed E-state index contributed by atoms with van der Waals surface area (Å²) >= 11 is 0. The van der Waals surface area contributed by atoms with Crippen molar-refractivity contribution in [1.29, 1.82) is 0 Å². The summed E-state index contributed by atoms with van der Waals surface area (Å²) in [5.41, 5.74) is 11.5. The molecule has 0 aliphatic carbocycles. The third kappa shape index (κ3) is 2.62. The first-order valence-corrected chi connectivity index (χ1v) is 6.19. The van der Waals surface area contributed by atoms with Crippen LogP contribution in [0.3, 0.4) is 0 Å². The van der Waals surface area contributed by atoms with Crippen molar-refractivity contribution in [1.82, 2.24) is 4.90 Å². The molecule has 1 aromatic rings. The van der Waals surface area contributed by atoms with Crippen LogP contribution in [-0.2, 0) is 4.79 Å². The maximum Gasteiger partial charge on any atom is 0.256 e. The van der Waals surface area contributed by atoms with Crippen molar-refractivity contribution in [2.75, 3.05) is 12.3 Å². The molecule has 102 valence electrons. The van der Waals surface area contributed by atoms with Crippen LogP contribution in [0.1, 0.15) is 29.6 Å². The topological polar surface area (TPSA) is 110 Å². The van der Waals surface area contributed by atoms with E-state index in [1.165, 1.54) is 23.1 Å². The van der Waals surface area contributed by atoms with Crippen molar-refractivity contribution in [3.8, 4) is 5.75 Å². The van der Waals surface area contributed by atoms with Gasteiger partial charge < -0.3 is 21.5 Å². The highest BCUT2D eigenvalue weighted by Crippen LogP contribution is 2.24. The molecule has 1 heterocycles. The van der Waals surface area contributed by atoms with Gasteiger partial charge in [0.2, 0.25) is 5.91 Å². The molecule has 1 aromatic carbocycles. The van der Waals surface area contributed by atoms with E-state index in [0.717, 1.165) is 12.8 Å². The molecule has 1 aliphatic rings. The average Bonchev–Trinajstić information content (AvgIpc) is 2.40. The van der Waals surface area contributed by atoms with Crippen molar-refractivity contribution in [2.45, 2.75) is 25.3 Å². The molecule has 5 N–H and O–H groups in total. The molecule has 6 nitrogen and oxygen atoms in total. The van der Waals surface area contributed by atoms with Gasteiger partial charge in [-0.15, -0.1) is 0 Å². The third-order valence-electron chi connectivity index (χ3n) is 3.36. The molecular weight excluding hydrogens is 246 g/mol. The third-order valence-corrected chi connectivity index (χ3v) is 3.36. The van der Waals surface area contributed by atoms with Crippen LogP contribution in [0, 0.1) is 0 Å². The van der Waals surface area contributed by atoms with Crippen molar-refractivity contribution in [3.05, 3.63) is 23.8 Å². The highest BCUT2D eigenvalue weighted by atomic mass is 16.3. The maximum absolute atomic E-state index is 12.4. The van der Waals surface area contributed by atoms with Gasteiger partial charge in [0.05, 0.1) is 5.56 Å². The van der Waals surface area contributed by atoms with E-state index in [4.69, 9.17) is 11.5 Å². The number of nitrogen functional groups attached to an aromatic ring is 1. The van der Waals surface area contributed by atoms with E-state index < -0.39 is 11.9 Å². The first-order chi connectivity index (χ1) is 9.00. The number of hydrogen-bond donors (Lipinski definition) is 3. The number of aromatic hydroxyl groups is 1. The number of nitrogens with two attached hydrogens (primary N) is 2. The summed E-state index contributed by atoms with van der Waals surface area (Å²) in [4.78, 5) is 25.3. The lowest BCUT2D eigenvalue weighted by molar-refractivity contribution is -0.123. The Morgan fingerprint density at radius 3 is 2.74 bits per heavy atom. The van der Waals surface area contributed by atoms with E-state index in [1.807, 2.05) is 0 Å². The Bertz CT molecular complexity index is 516. The largest absolute Gasteiger partial charge is 0.508 e. The SMILES string of the molecule is NC(=O)C1CCCCN1C(=O)c1cc(O)ccc1N. The summed E-state index contributed by atoms with van der Waals surface area (Å²) in [6, 6.07) is 3.59. The number of phenolic OH excluding ortho intramolecular Hbond substituents is 1. The maximum atomic E-state index is 12.4. The Morgan fingerprint density at radius 1 is 1.32 bits per heavy atom. The second-order valence-corrected chi connectivity index (χ2v) is 4.68. The standard InChI is InChI=1S/C13H17N3O3/c14-10-5-4-8(17)7-9(10)13(19)16-6-2-1-3-11(16)12(15)18/h4-5,7,11,17H,1-3,6,14H2,(H2,15,18). The Labute approximate surface area is 111 Å². The monoisotopic (exact) mass is 263 g/mol. The lowest BCUT2D eigenvalue weighted by Crippen LogP contribution is -2.50. The van der Waals surface area contributed by atoms with Crippen molar-refractivity contribution in [2.24, 2.45) is 5.73 Å². The highest BCUT2D eigenvalue weighted by Gasteiger charge is 2.31. The zero-order chi connectivity index (χ0) is 14.0. The molecule has 1 atom stereocenters. The smallest absolute Gasteiger partial charge is 0.256 e. The van der Waals surface area contributed by atoms with E-state index in [2.05, 4.69) is 0 Å². The number of nitrogens with zero attached hydrogens (tertiary/aromatic N) is 1. The summed E-state index contributed by atoms with van der Waals surface area (Å²) in [6.45, 7) is 0.474. The second-order valence-electron chi connectivity index (χ2n) is 4.68. The molecule has 0 saturated carbocycles. The predicted octanol–water partition coefficient (Wildman–Crippen LogP) is 0.454. The van der Waals surface area contributed by atoms with Crippen LogP contribution in [-0.4, -0.2) is 34.4 Å². The lowest BCUT2D eigenvalue weighted by atomic mass is 10.00. The number of piperidine rings is 1. The molecule has 1 fully saturated rings. The summed E-state index contributed by atoms with van der Waals surface area (Å²) in [7, 11) is 0. The Kier molecular flexibility index (Phi) is 3.59. The predicted molar refractivity (Wildman–Crippen MR) is 70.4 cm³/mol. The van der Waals surface area contributed by atoms with E-state index in [1.54, 1.807) is 0 Å². The fourth-order valence-corrected chi connectivity index (χ4v) is 2.35. The second kappa shape index (κ2) is 5.17. The van der Waals surface area contributed by atoms with Crippen molar-refractivity contribution < 1.29 is 14.7 Å². The number of likely N-dealkylation sites (tertiary alicyclic amines) is 1. The fraction of sp³-hybridized carbons (Fsp3) is 0.385. The summed E-state index contributed by atoms with van der Waals surface area (Å²) in [5.74, 6) is -0.908. The van der Waals surface area contributed by atoms with E-state index in [-0.39, 0.29) is 22.9 Å². The van der Waals surface area contributed by atoms with Gasteiger partial charge in [-0.1, -0.05) is 0 Å². The molecule has 0 aromatic heterocycles. The van der Waals surface area contributed by atoms with Crippen LogP contribution in [0.4, 0.5) is 5.69 Å². The van der Waals surface area contributed by atoms with Crippen LogP contribution in [0.25, 0.3) is 0 Å². The van der Waals surface area contributed by atoms with Crippen LogP contribution >= 0.6 is 0 Å². The van der Waals surface area contributed by atoms with Crippen LogP contribution in [0.2, 0.25) is 0 Å². The van der Waals surface area contributed by atoms with Gasteiger partial charge in [-0.2, -0.15) is 0 Å². The number of benzene rings is 1. The van der Waals surface area contributed by atoms with Gasteiger partial charge >= 0.3 is 0 Å². The quantitative estimate of drug-likeness (QED) is 0.531. The Morgan fingerprint density at radius 2 is 2.05 bits per heavy atom. The van der Waals surface area contributed by atoms with Gasteiger partial charge in [-0.05, 0) is 37.5 Å². The molecular formula is C13H17N3O3. The molecule has 0 bridgehead atoms. The highest BCUT2D eigenvalue weighted by molar-refractivity contribution is 6.01. The van der Waals surface area contributed by atoms with Gasteiger partial charge in [0.15, 0.2) is 0 Å². The molecule has 2 amide bonds. The van der Waals surface area contributed by atoms with Crippen LogP contribution < -0.4 is 11.5 Å². The molecule has 1 unspecified atom stereocenters. The van der Waals surface area contributed by atoms with Gasteiger partial charge in [0.1, 0.15) is 11.8 Å². The van der Waals surface area contributed by atoms with E-state index >= 15 is 0 Å². The Hall–Kier alpha value is -2.24. The number of phenols is 1. The molecule has 0 radical (unpaired) electrons. The molecule has 1 saturated heterocycles. The summed E-state index contributed by atoms with van der Waals surface area (Å²) in [5, 5.41) is 9.44. The van der Waals surface area contributed by atoms with Crippen molar-refractivity contribution >= 4 is 17.5 Å². The van der Waals surface area contributed by atoms with Crippen LogP contribution in [0.5, 0.6) is 5.75 Å². The summed E-state index contributed by atoms with van der Waals surface area (Å²) < 4.78 is 0. The van der Waals surface area contributed by atoms with Gasteiger partial charge in [0.25, 0.3) is 5.91 Å². The number of primary amides is 1. The minimum Gasteiger partial charge on any atom is -0.508 e. The molecule has 19 heavy (non-hydrogen) atoms. The minimum atomic E-state index is -0.594. The fourth-order valence-electron chi connectivity index (χ4n) is 2.35.